The van der Waals surface area contributed by atoms with Gasteiger partial charge in [-0.2, -0.15) is 4.99 Å². The normalized spacial score (nSPS) is 11.5. The molecule has 0 radical (unpaired) electrons. The van der Waals surface area contributed by atoms with E-state index in [-0.39, 0.29) is 5.84 Å². The van der Waals surface area contributed by atoms with E-state index in [4.69, 9.17) is 17.0 Å². The molecule has 2 aromatic carbocycles. The minimum Gasteiger partial charge on any atom is -0.285 e. The standard InChI is InChI=1S/C21H15ClN4S/c22-16-9-11-17(12-10-16)26-19(15-6-2-1-3-7-15)14-27-21(26)25-20(23)18-8-4-5-13-24-18/h1-14,23H. The van der Waals surface area contributed by atoms with Gasteiger partial charge in [-0.1, -0.05) is 48.0 Å². The van der Waals surface area contributed by atoms with Crippen LogP contribution < -0.4 is 4.80 Å². The second-order valence-corrected chi connectivity index (χ2v) is 7.03. The van der Waals surface area contributed by atoms with Crippen LogP contribution in [0, 0.1) is 5.41 Å². The Bertz CT molecular complexity index is 1130. The third-order valence-electron chi connectivity index (χ3n) is 3.98. The molecule has 0 saturated heterocycles. The first kappa shape index (κ1) is 17.4. The fraction of sp³-hybridized carbons (Fsp3) is 0. The van der Waals surface area contributed by atoms with Gasteiger partial charge in [-0.05, 0) is 42.0 Å². The predicted octanol–water partition coefficient (Wildman–Crippen LogP) is 5.18. The molecule has 132 valence electrons. The molecular weight excluding hydrogens is 376 g/mol. The van der Waals surface area contributed by atoms with E-state index in [0.29, 0.717) is 15.5 Å². The van der Waals surface area contributed by atoms with Gasteiger partial charge in [0.1, 0.15) is 5.69 Å². The maximum Gasteiger partial charge on any atom is 0.196 e. The molecule has 0 atom stereocenters. The lowest BCUT2D eigenvalue weighted by atomic mass is 10.1. The van der Waals surface area contributed by atoms with Crippen LogP contribution in [0.2, 0.25) is 5.02 Å². The van der Waals surface area contributed by atoms with E-state index in [1.165, 1.54) is 11.3 Å². The van der Waals surface area contributed by atoms with Crippen LogP contribution in [0.25, 0.3) is 16.9 Å². The summed E-state index contributed by atoms with van der Waals surface area (Å²) >= 11 is 7.55. The number of halogens is 1. The van der Waals surface area contributed by atoms with Crippen molar-refractivity contribution in [3.8, 4) is 16.9 Å². The number of hydrogen-bond acceptors (Lipinski definition) is 3. The lowest BCUT2D eigenvalue weighted by Gasteiger charge is -2.09. The van der Waals surface area contributed by atoms with Crippen LogP contribution in [0.4, 0.5) is 0 Å². The van der Waals surface area contributed by atoms with Crippen molar-refractivity contribution in [1.82, 2.24) is 9.55 Å². The molecule has 0 unspecified atom stereocenters. The van der Waals surface area contributed by atoms with Crippen LogP contribution in [-0.4, -0.2) is 15.4 Å². The van der Waals surface area contributed by atoms with Crippen molar-refractivity contribution in [2.75, 3.05) is 0 Å². The number of amidine groups is 1. The molecule has 0 amide bonds. The topological polar surface area (TPSA) is 54.0 Å². The van der Waals surface area contributed by atoms with Gasteiger partial charge in [-0.25, -0.2) is 0 Å². The molecule has 0 fully saturated rings. The minimum absolute atomic E-state index is 0.125. The van der Waals surface area contributed by atoms with Gasteiger partial charge in [0.15, 0.2) is 10.6 Å². The number of rotatable bonds is 3. The summed E-state index contributed by atoms with van der Waals surface area (Å²) in [6.07, 6.45) is 1.66. The summed E-state index contributed by atoms with van der Waals surface area (Å²) in [5, 5.41) is 11.0. The number of aromatic nitrogens is 2. The third-order valence-corrected chi connectivity index (χ3v) is 5.06. The van der Waals surface area contributed by atoms with Crippen molar-refractivity contribution in [3.05, 3.63) is 99.9 Å². The van der Waals surface area contributed by atoms with E-state index in [0.717, 1.165) is 16.9 Å². The summed E-state index contributed by atoms with van der Waals surface area (Å²) in [7, 11) is 0. The molecule has 4 rings (SSSR count). The Morgan fingerprint density at radius 2 is 1.70 bits per heavy atom. The molecule has 0 spiro atoms. The van der Waals surface area contributed by atoms with Crippen LogP contribution in [0.15, 0.2) is 89.4 Å². The molecule has 1 N–H and O–H groups in total. The molecule has 0 aliphatic rings. The fourth-order valence-corrected chi connectivity index (χ4v) is 3.73. The highest BCUT2D eigenvalue weighted by Crippen LogP contribution is 2.24. The van der Waals surface area contributed by atoms with E-state index < -0.39 is 0 Å². The van der Waals surface area contributed by atoms with E-state index in [1.54, 1.807) is 12.3 Å². The monoisotopic (exact) mass is 390 g/mol. The number of pyridine rings is 1. The summed E-state index contributed by atoms with van der Waals surface area (Å²) in [5.41, 5.74) is 3.56. The Labute approximate surface area is 165 Å². The van der Waals surface area contributed by atoms with Gasteiger partial charge in [0.25, 0.3) is 0 Å². The maximum atomic E-state index is 8.32. The van der Waals surface area contributed by atoms with Crippen LogP contribution in [0.1, 0.15) is 5.69 Å². The Hall–Kier alpha value is -3.02. The molecule has 0 aliphatic carbocycles. The van der Waals surface area contributed by atoms with Crippen molar-refractivity contribution < 1.29 is 0 Å². The van der Waals surface area contributed by atoms with Crippen molar-refractivity contribution in [1.29, 1.82) is 5.41 Å². The fourth-order valence-electron chi connectivity index (χ4n) is 2.69. The van der Waals surface area contributed by atoms with Crippen LogP contribution >= 0.6 is 22.9 Å². The van der Waals surface area contributed by atoms with Gasteiger partial charge in [-0.15, -0.1) is 11.3 Å². The molecule has 0 bridgehead atoms. The first-order valence-corrected chi connectivity index (χ1v) is 9.55. The van der Waals surface area contributed by atoms with Crippen LogP contribution in [-0.2, 0) is 0 Å². The SMILES string of the molecule is N=C(N=c1scc(-c2ccccc2)n1-c1ccc(Cl)cc1)c1ccccn1. The zero-order valence-corrected chi connectivity index (χ0v) is 15.8. The Morgan fingerprint density at radius 3 is 2.41 bits per heavy atom. The Morgan fingerprint density at radius 1 is 0.963 bits per heavy atom. The Kier molecular flexibility index (Phi) is 4.96. The molecule has 4 nitrogen and oxygen atoms in total. The van der Waals surface area contributed by atoms with Gasteiger partial charge in [0, 0.05) is 22.3 Å². The second-order valence-electron chi connectivity index (χ2n) is 5.76. The van der Waals surface area contributed by atoms with Gasteiger partial charge in [0.2, 0.25) is 0 Å². The highest BCUT2D eigenvalue weighted by molar-refractivity contribution is 7.07. The second kappa shape index (κ2) is 7.70. The summed E-state index contributed by atoms with van der Waals surface area (Å²) < 4.78 is 2.04. The maximum absolute atomic E-state index is 8.32. The van der Waals surface area contributed by atoms with E-state index in [1.807, 2.05) is 59.2 Å². The molecule has 2 heterocycles. The Balaban J connectivity index is 1.90. The zero-order chi connectivity index (χ0) is 18.6. The van der Waals surface area contributed by atoms with Crippen molar-refractivity contribution in [2.45, 2.75) is 0 Å². The summed E-state index contributed by atoms with van der Waals surface area (Å²) in [4.78, 5) is 9.46. The number of benzene rings is 2. The highest BCUT2D eigenvalue weighted by Gasteiger charge is 2.11. The molecule has 2 aromatic heterocycles. The van der Waals surface area contributed by atoms with Crippen LogP contribution in [0.5, 0.6) is 0 Å². The van der Waals surface area contributed by atoms with Gasteiger partial charge in [-0.3, -0.25) is 15.0 Å². The molecule has 4 aromatic rings. The molecule has 0 saturated carbocycles. The molecule has 27 heavy (non-hydrogen) atoms. The first-order chi connectivity index (χ1) is 13.2. The first-order valence-electron chi connectivity index (χ1n) is 8.29. The average Bonchev–Trinajstić information content (AvgIpc) is 3.13. The summed E-state index contributed by atoms with van der Waals surface area (Å²) in [6, 6.07) is 23.2. The third kappa shape index (κ3) is 3.74. The van der Waals surface area contributed by atoms with Gasteiger partial charge >= 0.3 is 0 Å². The molecule has 0 aliphatic heterocycles. The van der Waals surface area contributed by atoms with E-state index >= 15 is 0 Å². The minimum atomic E-state index is 0.125. The highest BCUT2D eigenvalue weighted by atomic mass is 35.5. The smallest absolute Gasteiger partial charge is 0.196 e. The van der Waals surface area contributed by atoms with Crippen molar-refractivity contribution in [3.63, 3.8) is 0 Å². The molecular formula is C21H15ClN4S. The van der Waals surface area contributed by atoms with Crippen LogP contribution in [0.3, 0.4) is 0 Å². The lowest BCUT2D eigenvalue weighted by molar-refractivity contribution is 1.01. The zero-order valence-electron chi connectivity index (χ0n) is 14.2. The van der Waals surface area contributed by atoms with Crippen molar-refractivity contribution >= 4 is 28.8 Å². The van der Waals surface area contributed by atoms with E-state index in [2.05, 4.69) is 27.5 Å². The van der Waals surface area contributed by atoms with Gasteiger partial charge in [0.05, 0.1) is 5.69 Å². The number of hydrogen-bond donors (Lipinski definition) is 1. The summed E-state index contributed by atoms with van der Waals surface area (Å²) in [5.74, 6) is 0.125. The average molecular weight is 391 g/mol. The van der Waals surface area contributed by atoms with Gasteiger partial charge < -0.3 is 0 Å². The number of nitrogens with one attached hydrogen (secondary N) is 1. The number of nitrogens with zero attached hydrogens (tertiary/aromatic N) is 3. The number of thiazole rings is 1. The lowest BCUT2D eigenvalue weighted by Crippen LogP contribution is -2.16. The summed E-state index contributed by atoms with van der Waals surface area (Å²) in [6.45, 7) is 0. The molecule has 6 heteroatoms. The predicted molar refractivity (Wildman–Crippen MR) is 111 cm³/mol. The quantitative estimate of drug-likeness (QED) is 0.380. The largest absolute Gasteiger partial charge is 0.285 e. The van der Waals surface area contributed by atoms with E-state index in [9.17, 15) is 0 Å². The van der Waals surface area contributed by atoms with Crippen molar-refractivity contribution in [2.24, 2.45) is 4.99 Å².